The van der Waals surface area contributed by atoms with E-state index in [0.29, 0.717) is 6.04 Å². The summed E-state index contributed by atoms with van der Waals surface area (Å²) >= 11 is 0. The Balaban J connectivity index is 1.86. The van der Waals surface area contributed by atoms with Gasteiger partial charge in [-0.1, -0.05) is 30.3 Å². The van der Waals surface area contributed by atoms with Gasteiger partial charge in [-0.05, 0) is 47.2 Å². The van der Waals surface area contributed by atoms with Gasteiger partial charge in [-0.3, -0.25) is 4.90 Å². The van der Waals surface area contributed by atoms with E-state index in [1.807, 2.05) is 0 Å². The Morgan fingerprint density at radius 1 is 0.950 bits per heavy atom. The molecule has 0 saturated heterocycles. The standard InChI is InChI=1S/C18H19NO/c1-20-15-6-7-17-14(12-15)9-11-19-10-8-13-4-2-3-5-16(13)18(17)19/h2-7,12,18H,8-11H2,1H3/t18-/m0/s1. The SMILES string of the molecule is COc1ccc2c(c1)CCN1CCc3ccccc3[C@@H]21. The van der Waals surface area contributed by atoms with Crippen LogP contribution in [0, 0.1) is 0 Å². The number of nitrogens with zero attached hydrogens (tertiary/aromatic N) is 1. The lowest BCUT2D eigenvalue weighted by molar-refractivity contribution is 0.202. The molecule has 2 aliphatic heterocycles. The zero-order chi connectivity index (χ0) is 13.5. The summed E-state index contributed by atoms with van der Waals surface area (Å²) in [5.74, 6) is 0.973. The van der Waals surface area contributed by atoms with Crippen LogP contribution in [0.5, 0.6) is 5.75 Å². The highest BCUT2D eigenvalue weighted by Gasteiger charge is 2.32. The first kappa shape index (κ1) is 12.0. The van der Waals surface area contributed by atoms with Crippen LogP contribution < -0.4 is 4.74 Å². The molecule has 0 N–H and O–H groups in total. The zero-order valence-corrected chi connectivity index (χ0v) is 11.8. The van der Waals surface area contributed by atoms with E-state index in [2.05, 4.69) is 47.4 Å². The molecule has 2 heterocycles. The predicted octanol–water partition coefficient (Wildman–Crippen LogP) is 3.20. The summed E-state index contributed by atoms with van der Waals surface area (Å²) in [5, 5.41) is 0. The first-order valence-electron chi connectivity index (χ1n) is 7.35. The van der Waals surface area contributed by atoms with Crippen molar-refractivity contribution in [2.45, 2.75) is 18.9 Å². The highest BCUT2D eigenvalue weighted by Crippen LogP contribution is 2.40. The zero-order valence-electron chi connectivity index (χ0n) is 11.8. The summed E-state index contributed by atoms with van der Waals surface area (Å²) in [7, 11) is 1.74. The average Bonchev–Trinajstić information content (AvgIpc) is 2.53. The lowest BCUT2D eigenvalue weighted by Gasteiger charge is -2.41. The van der Waals surface area contributed by atoms with Gasteiger partial charge in [0.05, 0.1) is 13.2 Å². The van der Waals surface area contributed by atoms with Crippen molar-refractivity contribution in [3.63, 3.8) is 0 Å². The predicted molar refractivity (Wildman–Crippen MR) is 80.3 cm³/mol. The fraction of sp³-hybridized carbons (Fsp3) is 0.333. The minimum atomic E-state index is 0.439. The molecule has 0 amide bonds. The number of hydrogen-bond donors (Lipinski definition) is 0. The maximum atomic E-state index is 5.37. The molecule has 2 heteroatoms. The second-order valence-electron chi connectivity index (χ2n) is 5.70. The molecule has 2 nitrogen and oxygen atoms in total. The van der Waals surface area contributed by atoms with Crippen LogP contribution in [0.4, 0.5) is 0 Å². The van der Waals surface area contributed by atoms with Gasteiger partial charge < -0.3 is 4.74 Å². The number of hydrogen-bond acceptors (Lipinski definition) is 2. The van der Waals surface area contributed by atoms with E-state index in [-0.39, 0.29) is 0 Å². The Bertz CT molecular complexity index is 650. The number of ether oxygens (including phenoxy) is 1. The molecule has 0 saturated carbocycles. The average molecular weight is 265 g/mol. The number of fused-ring (bicyclic) bond motifs is 5. The molecule has 102 valence electrons. The van der Waals surface area contributed by atoms with Gasteiger partial charge in [0.2, 0.25) is 0 Å². The van der Waals surface area contributed by atoms with Gasteiger partial charge in [-0.15, -0.1) is 0 Å². The van der Waals surface area contributed by atoms with Crippen LogP contribution in [0.3, 0.4) is 0 Å². The summed E-state index contributed by atoms with van der Waals surface area (Å²) in [6.45, 7) is 2.33. The van der Waals surface area contributed by atoms with E-state index in [0.717, 1.165) is 18.7 Å². The highest BCUT2D eigenvalue weighted by molar-refractivity contribution is 5.47. The van der Waals surface area contributed by atoms with E-state index >= 15 is 0 Å². The van der Waals surface area contributed by atoms with Crippen molar-refractivity contribution in [3.8, 4) is 5.75 Å². The van der Waals surface area contributed by atoms with Crippen molar-refractivity contribution in [3.05, 3.63) is 64.7 Å². The summed E-state index contributed by atoms with van der Waals surface area (Å²) in [6.07, 6.45) is 2.31. The van der Waals surface area contributed by atoms with Gasteiger partial charge in [-0.25, -0.2) is 0 Å². The third-order valence-electron chi connectivity index (χ3n) is 4.70. The van der Waals surface area contributed by atoms with Crippen molar-refractivity contribution >= 4 is 0 Å². The van der Waals surface area contributed by atoms with E-state index in [4.69, 9.17) is 4.74 Å². The molecule has 0 aliphatic carbocycles. The van der Waals surface area contributed by atoms with Crippen LogP contribution in [0.15, 0.2) is 42.5 Å². The van der Waals surface area contributed by atoms with Crippen LogP contribution in [-0.2, 0) is 12.8 Å². The largest absolute Gasteiger partial charge is 0.497 e. The third-order valence-corrected chi connectivity index (χ3v) is 4.70. The molecule has 0 unspecified atom stereocenters. The normalized spacial score (nSPS) is 20.8. The van der Waals surface area contributed by atoms with Crippen molar-refractivity contribution in [1.82, 2.24) is 4.90 Å². The van der Waals surface area contributed by atoms with Crippen LogP contribution in [0.25, 0.3) is 0 Å². The van der Waals surface area contributed by atoms with Gasteiger partial charge in [0.25, 0.3) is 0 Å². The lowest BCUT2D eigenvalue weighted by Crippen LogP contribution is -2.40. The molecule has 20 heavy (non-hydrogen) atoms. The lowest BCUT2D eigenvalue weighted by atomic mass is 9.83. The van der Waals surface area contributed by atoms with Crippen LogP contribution in [0.1, 0.15) is 28.3 Å². The molecular formula is C18H19NO. The maximum Gasteiger partial charge on any atom is 0.119 e. The van der Waals surface area contributed by atoms with Gasteiger partial charge in [-0.2, -0.15) is 0 Å². The first-order chi connectivity index (χ1) is 9.86. The molecule has 2 aliphatic rings. The second-order valence-corrected chi connectivity index (χ2v) is 5.70. The van der Waals surface area contributed by atoms with Gasteiger partial charge in [0, 0.05) is 13.1 Å². The summed E-state index contributed by atoms with van der Waals surface area (Å²) in [4.78, 5) is 2.62. The van der Waals surface area contributed by atoms with Gasteiger partial charge in [0.1, 0.15) is 5.75 Å². The summed E-state index contributed by atoms with van der Waals surface area (Å²) in [6, 6.07) is 15.9. The van der Waals surface area contributed by atoms with E-state index in [9.17, 15) is 0 Å². The molecule has 0 fully saturated rings. The maximum absolute atomic E-state index is 5.37. The number of methoxy groups -OCH3 is 1. The Hall–Kier alpha value is -1.80. The van der Waals surface area contributed by atoms with Crippen LogP contribution in [0.2, 0.25) is 0 Å². The Kier molecular flexibility index (Phi) is 2.78. The number of benzene rings is 2. The Labute approximate surface area is 120 Å². The molecule has 0 aromatic heterocycles. The minimum absolute atomic E-state index is 0.439. The monoisotopic (exact) mass is 265 g/mol. The number of rotatable bonds is 1. The fourth-order valence-electron chi connectivity index (χ4n) is 3.68. The van der Waals surface area contributed by atoms with Crippen molar-refractivity contribution < 1.29 is 4.74 Å². The van der Waals surface area contributed by atoms with Crippen LogP contribution in [-0.4, -0.2) is 25.1 Å². The summed E-state index contributed by atoms with van der Waals surface area (Å²) in [5.41, 5.74) is 5.91. The van der Waals surface area contributed by atoms with Gasteiger partial charge in [0.15, 0.2) is 0 Å². The molecular weight excluding hydrogens is 246 g/mol. The summed E-state index contributed by atoms with van der Waals surface area (Å²) < 4.78 is 5.37. The topological polar surface area (TPSA) is 12.5 Å². The van der Waals surface area contributed by atoms with E-state index in [1.165, 1.54) is 35.2 Å². The molecule has 2 aromatic carbocycles. The van der Waals surface area contributed by atoms with E-state index in [1.54, 1.807) is 7.11 Å². The highest BCUT2D eigenvalue weighted by atomic mass is 16.5. The van der Waals surface area contributed by atoms with Crippen molar-refractivity contribution in [2.75, 3.05) is 20.2 Å². The molecule has 1 atom stereocenters. The van der Waals surface area contributed by atoms with Crippen LogP contribution >= 0.6 is 0 Å². The van der Waals surface area contributed by atoms with Crippen molar-refractivity contribution in [2.24, 2.45) is 0 Å². The fourth-order valence-corrected chi connectivity index (χ4v) is 3.68. The molecule has 2 aromatic rings. The Morgan fingerprint density at radius 2 is 1.70 bits per heavy atom. The van der Waals surface area contributed by atoms with E-state index < -0.39 is 0 Å². The third kappa shape index (κ3) is 1.75. The molecule has 4 rings (SSSR count). The Morgan fingerprint density at radius 3 is 2.55 bits per heavy atom. The minimum Gasteiger partial charge on any atom is -0.497 e. The first-order valence-corrected chi connectivity index (χ1v) is 7.35. The quantitative estimate of drug-likeness (QED) is 0.785. The van der Waals surface area contributed by atoms with Crippen molar-refractivity contribution in [1.29, 1.82) is 0 Å². The smallest absolute Gasteiger partial charge is 0.119 e. The molecule has 0 bridgehead atoms. The second kappa shape index (κ2) is 4.64. The van der Waals surface area contributed by atoms with Gasteiger partial charge >= 0.3 is 0 Å². The molecule has 0 spiro atoms. The molecule has 0 radical (unpaired) electrons.